The fraction of sp³-hybridized carbons (Fsp3) is 0.857. The number of primary amides is 1. The van der Waals surface area contributed by atoms with E-state index in [9.17, 15) is 9.59 Å². The maximum absolute atomic E-state index is 12.1. The summed E-state index contributed by atoms with van der Waals surface area (Å²) in [6.45, 7) is 4.65. The Balaban J connectivity index is 2.43. The highest BCUT2D eigenvalue weighted by Gasteiger charge is 2.25. The van der Waals surface area contributed by atoms with E-state index < -0.39 is 12.1 Å². The smallest absolute Gasteiger partial charge is 0.312 e. The van der Waals surface area contributed by atoms with E-state index in [1.165, 1.54) is 32.1 Å². The topological polar surface area (TPSA) is 84.2 Å². The van der Waals surface area contributed by atoms with Gasteiger partial charge < -0.3 is 16.4 Å². The SMILES string of the molecule is CCC(C)C(NC(N)=O)C(=O)NCC1CCCCC1. The minimum absolute atomic E-state index is 0.0823. The van der Waals surface area contributed by atoms with E-state index in [2.05, 4.69) is 10.6 Å². The van der Waals surface area contributed by atoms with Gasteiger partial charge in [-0.1, -0.05) is 39.5 Å². The highest BCUT2D eigenvalue weighted by atomic mass is 16.2. The average molecular weight is 269 g/mol. The molecule has 5 nitrogen and oxygen atoms in total. The molecule has 0 aliphatic heterocycles. The first-order valence-electron chi connectivity index (χ1n) is 7.38. The summed E-state index contributed by atoms with van der Waals surface area (Å²) in [4.78, 5) is 23.1. The van der Waals surface area contributed by atoms with Crippen LogP contribution in [0.3, 0.4) is 0 Å². The molecule has 0 heterocycles. The number of carbonyl (C=O) groups excluding carboxylic acids is 2. The van der Waals surface area contributed by atoms with Gasteiger partial charge in [0.05, 0.1) is 0 Å². The van der Waals surface area contributed by atoms with Crippen molar-refractivity contribution in [1.82, 2.24) is 10.6 Å². The summed E-state index contributed by atoms with van der Waals surface area (Å²) in [5, 5.41) is 5.51. The van der Waals surface area contributed by atoms with Gasteiger partial charge in [-0.3, -0.25) is 4.79 Å². The largest absolute Gasteiger partial charge is 0.354 e. The molecule has 19 heavy (non-hydrogen) atoms. The summed E-state index contributed by atoms with van der Waals surface area (Å²) in [7, 11) is 0. The van der Waals surface area contributed by atoms with Crippen molar-refractivity contribution in [3.63, 3.8) is 0 Å². The van der Waals surface area contributed by atoms with Gasteiger partial charge in [0.25, 0.3) is 0 Å². The van der Waals surface area contributed by atoms with Gasteiger partial charge in [0.15, 0.2) is 0 Å². The molecule has 0 spiro atoms. The summed E-state index contributed by atoms with van der Waals surface area (Å²) in [5.74, 6) is 0.557. The average Bonchev–Trinajstić information content (AvgIpc) is 2.42. The second kappa shape index (κ2) is 8.02. The molecule has 0 aromatic rings. The van der Waals surface area contributed by atoms with Gasteiger partial charge in [-0.25, -0.2) is 4.79 Å². The zero-order valence-corrected chi connectivity index (χ0v) is 12.1. The van der Waals surface area contributed by atoms with E-state index in [4.69, 9.17) is 5.73 Å². The lowest BCUT2D eigenvalue weighted by molar-refractivity contribution is -0.124. The Morgan fingerprint density at radius 1 is 1.26 bits per heavy atom. The van der Waals surface area contributed by atoms with E-state index in [0.717, 1.165) is 6.42 Å². The van der Waals surface area contributed by atoms with E-state index in [0.29, 0.717) is 12.5 Å². The van der Waals surface area contributed by atoms with Gasteiger partial charge in [-0.15, -0.1) is 0 Å². The molecule has 1 aliphatic carbocycles. The predicted molar refractivity (Wildman–Crippen MR) is 75.5 cm³/mol. The Bertz CT molecular complexity index is 301. The van der Waals surface area contributed by atoms with Crippen LogP contribution in [-0.2, 0) is 4.79 Å². The number of nitrogens with two attached hydrogens (primary N) is 1. The van der Waals surface area contributed by atoms with Crippen molar-refractivity contribution < 1.29 is 9.59 Å². The monoisotopic (exact) mass is 269 g/mol. The lowest BCUT2D eigenvalue weighted by Gasteiger charge is -2.25. The predicted octanol–water partition coefficient (Wildman–Crippen LogP) is 1.77. The Kier molecular flexibility index (Phi) is 6.67. The molecular weight excluding hydrogens is 242 g/mol. The first-order chi connectivity index (χ1) is 9.04. The van der Waals surface area contributed by atoms with Gasteiger partial charge in [-0.05, 0) is 24.7 Å². The first kappa shape index (κ1) is 15.8. The van der Waals surface area contributed by atoms with Crippen molar-refractivity contribution in [3.8, 4) is 0 Å². The van der Waals surface area contributed by atoms with Crippen molar-refractivity contribution in [3.05, 3.63) is 0 Å². The van der Waals surface area contributed by atoms with Crippen LogP contribution in [0.5, 0.6) is 0 Å². The van der Waals surface area contributed by atoms with Crippen LogP contribution < -0.4 is 16.4 Å². The van der Waals surface area contributed by atoms with Gasteiger partial charge in [0.1, 0.15) is 6.04 Å². The quantitative estimate of drug-likeness (QED) is 0.686. The van der Waals surface area contributed by atoms with E-state index >= 15 is 0 Å². The van der Waals surface area contributed by atoms with Gasteiger partial charge in [-0.2, -0.15) is 0 Å². The maximum Gasteiger partial charge on any atom is 0.312 e. The van der Waals surface area contributed by atoms with Crippen LogP contribution >= 0.6 is 0 Å². The highest BCUT2D eigenvalue weighted by molar-refractivity contribution is 5.86. The molecule has 2 unspecified atom stereocenters. The van der Waals surface area contributed by atoms with Crippen LogP contribution in [0.2, 0.25) is 0 Å². The van der Waals surface area contributed by atoms with Crippen LogP contribution in [0.25, 0.3) is 0 Å². The summed E-state index contributed by atoms with van der Waals surface area (Å²) < 4.78 is 0. The van der Waals surface area contributed by atoms with Crippen LogP contribution in [-0.4, -0.2) is 24.5 Å². The number of nitrogens with one attached hydrogen (secondary N) is 2. The van der Waals surface area contributed by atoms with E-state index in [-0.39, 0.29) is 11.8 Å². The summed E-state index contributed by atoms with van der Waals surface area (Å²) in [6.07, 6.45) is 7.03. The Hall–Kier alpha value is -1.26. The molecule has 0 saturated heterocycles. The second-order valence-electron chi connectivity index (χ2n) is 5.62. The standard InChI is InChI=1S/C14H27N3O2/c1-3-10(2)12(17-14(15)19)13(18)16-9-11-7-5-4-6-8-11/h10-12H,3-9H2,1-2H3,(H,16,18)(H3,15,17,19). The minimum Gasteiger partial charge on any atom is -0.354 e. The number of rotatable bonds is 6. The van der Waals surface area contributed by atoms with E-state index in [1.54, 1.807) is 0 Å². The van der Waals surface area contributed by atoms with Gasteiger partial charge >= 0.3 is 6.03 Å². The van der Waals surface area contributed by atoms with Crippen LogP contribution in [0, 0.1) is 11.8 Å². The normalized spacial score (nSPS) is 19.5. The third-order valence-corrected chi connectivity index (χ3v) is 4.08. The lowest BCUT2D eigenvalue weighted by Crippen LogP contribution is -2.52. The zero-order valence-electron chi connectivity index (χ0n) is 12.1. The van der Waals surface area contributed by atoms with Crippen molar-refractivity contribution in [2.75, 3.05) is 6.54 Å². The van der Waals surface area contributed by atoms with Crippen molar-refractivity contribution in [2.24, 2.45) is 17.6 Å². The molecular formula is C14H27N3O2. The molecule has 0 aromatic heterocycles. The van der Waals surface area contributed by atoms with Gasteiger partial charge in [0.2, 0.25) is 5.91 Å². The van der Waals surface area contributed by atoms with Crippen molar-refractivity contribution in [2.45, 2.75) is 58.4 Å². The molecule has 3 amide bonds. The van der Waals surface area contributed by atoms with Crippen molar-refractivity contribution in [1.29, 1.82) is 0 Å². The molecule has 1 fully saturated rings. The molecule has 2 atom stereocenters. The molecule has 0 bridgehead atoms. The zero-order chi connectivity index (χ0) is 14.3. The molecule has 110 valence electrons. The maximum atomic E-state index is 12.1. The number of carbonyl (C=O) groups is 2. The lowest BCUT2D eigenvalue weighted by atomic mass is 9.89. The summed E-state index contributed by atoms with van der Waals surface area (Å²) in [5.41, 5.74) is 5.13. The fourth-order valence-electron chi connectivity index (χ4n) is 2.60. The molecule has 1 aliphatic rings. The molecule has 1 rings (SSSR count). The molecule has 0 aromatic carbocycles. The van der Waals surface area contributed by atoms with Crippen LogP contribution in [0.1, 0.15) is 52.4 Å². The minimum atomic E-state index is -0.641. The van der Waals surface area contributed by atoms with Crippen LogP contribution in [0.4, 0.5) is 4.79 Å². The molecule has 1 saturated carbocycles. The summed E-state index contributed by atoms with van der Waals surface area (Å²) >= 11 is 0. The number of hydrogen-bond acceptors (Lipinski definition) is 2. The summed E-state index contributed by atoms with van der Waals surface area (Å²) in [6, 6.07) is -1.16. The Labute approximate surface area is 115 Å². The third kappa shape index (κ3) is 5.49. The Morgan fingerprint density at radius 3 is 2.42 bits per heavy atom. The number of amides is 3. The second-order valence-corrected chi connectivity index (χ2v) is 5.62. The third-order valence-electron chi connectivity index (χ3n) is 4.08. The highest BCUT2D eigenvalue weighted by Crippen LogP contribution is 2.22. The number of hydrogen-bond donors (Lipinski definition) is 3. The van der Waals surface area contributed by atoms with Gasteiger partial charge in [0, 0.05) is 6.54 Å². The molecule has 5 heteroatoms. The Morgan fingerprint density at radius 2 is 1.89 bits per heavy atom. The van der Waals surface area contributed by atoms with Crippen molar-refractivity contribution >= 4 is 11.9 Å². The first-order valence-corrected chi connectivity index (χ1v) is 7.38. The number of urea groups is 1. The van der Waals surface area contributed by atoms with E-state index in [1.807, 2.05) is 13.8 Å². The molecule has 0 radical (unpaired) electrons. The molecule has 4 N–H and O–H groups in total. The fourth-order valence-corrected chi connectivity index (χ4v) is 2.60. The van der Waals surface area contributed by atoms with Crippen LogP contribution in [0.15, 0.2) is 0 Å².